The second-order valence-electron chi connectivity index (χ2n) is 5.22. The fourth-order valence-electron chi connectivity index (χ4n) is 2.81. The topological polar surface area (TPSA) is 0 Å². The van der Waals surface area contributed by atoms with Gasteiger partial charge >= 0.3 is 156 Å². The predicted octanol–water partition coefficient (Wildman–Crippen LogP) is 4.15. The first kappa shape index (κ1) is 14.2. The van der Waals surface area contributed by atoms with E-state index < -0.39 is 0 Å². The average Bonchev–Trinajstić information content (AvgIpc) is 2.56. The van der Waals surface area contributed by atoms with E-state index in [0.717, 1.165) is 0 Å². The van der Waals surface area contributed by atoms with Crippen LogP contribution in [0.15, 0.2) is 91.0 Å². The average molecular weight is 282 g/mol. The van der Waals surface area contributed by atoms with Gasteiger partial charge in [-0.3, -0.25) is 0 Å². The van der Waals surface area contributed by atoms with Gasteiger partial charge in [0.15, 0.2) is 0 Å². The van der Waals surface area contributed by atoms with E-state index in [1.807, 2.05) is 0 Å². The zero-order chi connectivity index (χ0) is 13.8. The van der Waals surface area contributed by atoms with Crippen LogP contribution in [-0.2, 0) is -0.490 Å². The zero-order valence-electron chi connectivity index (χ0n) is 11.7. The van der Waals surface area contributed by atoms with Crippen LogP contribution in [0, 0.1) is 0 Å². The van der Waals surface area contributed by atoms with Gasteiger partial charge in [-0.05, 0) is 0 Å². The summed E-state index contributed by atoms with van der Waals surface area (Å²) in [6.07, 6.45) is 0. The summed E-state index contributed by atoms with van der Waals surface area (Å²) in [7, 11) is 0. The van der Waals surface area contributed by atoms with Gasteiger partial charge in [0.25, 0.3) is 0 Å². The molecule has 0 bridgehead atoms. The van der Waals surface area contributed by atoms with E-state index in [1.165, 1.54) is 16.7 Å². The van der Waals surface area contributed by atoms with Crippen LogP contribution in [0.2, 0.25) is 0 Å². The van der Waals surface area contributed by atoms with Crippen molar-refractivity contribution in [2.45, 2.75) is -0.490 Å². The second kappa shape index (κ2) is 6.38. The summed E-state index contributed by atoms with van der Waals surface area (Å²) in [6, 6.07) is 32.6. The van der Waals surface area contributed by atoms with Crippen LogP contribution in [-0.4, -0.2) is 49.0 Å². The molecule has 0 unspecified atom stereocenters. The van der Waals surface area contributed by atoms with Gasteiger partial charge in [0, 0.05) is 0 Å². The van der Waals surface area contributed by atoms with Crippen molar-refractivity contribution in [3.05, 3.63) is 108 Å². The minimum absolute atomic E-state index is 0.0662. The third-order valence-corrected chi connectivity index (χ3v) is 6.76. The van der Waals surface area contributed by atoms with Crippen LogP contribution in [0.1, 0.15) is 16.7 Å². The molecule has 0 radical (unpaired) electrons. The molecule has 1 heteroatoms. The van der Waals surface area contributed by atoms with Crippen LogP contribution >= 0.6 is 0 Å². The molecular weight excluding hydrogens is 267 g/mol. The molecule has 0 aliphatic carbocycles. The molecule has 0 spiro atoms. The van der Waals surface area contributed by atoms with Gasteiger partial charge in [-0.15, -0.1) is 0 Å². The molecule has 0 saturated carbocycles. The Bertz CT molecular complexity index is 563. The molecule has 0 heterocycles. The van der Waals surface area contributed by atoms with Crippen molar-refractivity contribution in [2.75, 3.05) is 0 Å². The summed E-state index contributed by atoms with van der Waals surface area (Å²) in [6.45, 7) is 0. The Labute approximate surface area is 154 Å². The molecule has 3 aromatic rings. The Morgan fingerprint density at radius 1 is 0.450 bits per heavy atom. The molecule has 20 heavy (non-hydrogen) atoms. The quantitative estimate of drug-likeness (QED) is 0.500. The van der Waals surface area contributed by atoms with E-state index >= 15 is 0 Å². The number of rotatable bonds is 3. The van der Waals surface area contributed by atoms with Crippen molar-refractivity contribution >= 4 is 49.0 Å². The molecule has 0 atom stereocenters. The van der Waals surface area contributed by atoms with Gasteiger partial charge in [0.05, 0.1) is 0 Å². The zero-order valence-corrected chi connectivity index (χ0v) is 14.8. The Balaban J connectivity index is 2.24. The molecule has 0 nitrogen and oxygen atoms in total. The maximum atomic E-state index is 2.26. The molecular formula is C19H15K. The van der Waals surface area contributed by atoms with Gasteiger partial charge in [-0.2, -0.15) is 0 Å². The molecule has 0 amide bonds. The van der Waals surface area contributed by atoms with E-state index in [2.05, 4.69) is 91.0 Å². The Morgan fingerprint density at radius 3 is 0.950 bits per heavy atom. The number of hydrogen-bond acceptors (Lipinski definition) is 0. The number of benzene rings is 3. The molecule has 0 fully saturated rings. The molecule has 0 aliphatic rings. The number of hydrogen-bond donors (Lipinski definition) is 0. The molecule has 0 saturated heterocycles. The van der Waals surface area contributed by atoms with Crippen LogP contribution in [0.3, 0.4) is 0 Å². The third kappa shape index (κ3) is 2.69. The van der Waals surface area contributed by atoms with Crippen molar-refractivity contribution in [3.63, 3.8) is 0 Å². The fraction of sp³-hybridized carbons (Fsp3) is 0.0526. The normalized spacial score (nSPS) is 11.3. The summed E-state index contributed by atoms with van der Waals surface area (Å²) < 4.78 is 0.0662. The Kier molecular flexibility index (Phi) is 4.54. The third-order valence-electron chi connectivity index (χ3n) is 4.05. The van der Waals surface area contributed by atoms with Crippen LogP contribution < -0.4 is 0 Å². The fourth-order valence-corrected chi connectivity index (χ4v) is 4.38. The minimum atomic E-state index is 0.0662. The van der Waals surface area contributed by atoms with Crippen molar-refractivity contribution in [2.24, 2.45) is 0 Å². The van der Waals surface area contributed by atoms with Gasteiger partial charge in [-0.1, -0.05) is 0 Å². The van der Waals surface area contributed by atoms with Crippen molar-refractivity contribution in [1.29, 1.82) is 0 Å². The summed E-state index contributed by atoms with van der Waals surface area (Å²) in [4.78, 5) is 0. The molecule has 3 rings (SSSR count). The monoisotopic (exact) mass is 282 g/mol. The van der Waals surface area contributed by atoms with Crippen molar-refractivity contribution < 1.29 is 0 Å². The molecule has 92 valence electrons. The van der Waals surface area contributed by atoms with Gasteiger partial charge < -0.3 is 0 Å². The van der Waals surface area contributed by atoms with E-state index in [0.29, 0.717) is 49.0 Å². The molecule has 0 N–H and O–H groups in total. The van der Waals surface area contributed by atoms with Crippen LogP contribution in [0.25, 0.3) is 0 Å². The van der Waals surface area contributed by atoms with Crippen molar-refractivity contribution in [3.8, 4) is 0 Å². The van der Waals surface area contributed by atoms with Crippen molar-refractivity contribution in [1.82, 2.24) is 0 Å². The molecule has 0 aliphatic heterocycles. The van der Waals surface area contributed by atoms with Crippen LogP contribution in [0.4, 0.5) is 0 Å². The summed E-state index contributed by atoms with van der Waals surface area (Å²) >= 11 is 0.587. The van der Waals surface area contributed by atoms with Crippen LogP contribution in [0.5, 0.6) is 0 Å². The van der Waals surface area contributed by atoms with E-state index in [-0.39, 0.29) is -0.490 Å². The Hall–Kier alpha value is -0.704. The van der Waals surface area contributed by atoms with E-state index in [1.54, 1.807) is 0 Å². The first-order chi connectivity index (χ1) is 9.82. The molecule has 0 aromatic heterocycles. The first-order valence-corrected chi connectivity index (χ1v) is 8.54. The van der Waals surface area contributed by atoms with E-state index in [9.17, 15) is 0 Å². The van der Waals surface area contributed by atoms with E-state index in [4.69, 9.17) is 0 Å². The summed E-state index contributed by atoms with van der Waals surface area (Å²) in [5.74, 6) is 0. The Morgan fingerprint density at radius 2 is 0.700 bits per heavy atom. The summed E-state index contributed by atoms with van der Waals surface area (Å²) in [5.41, 5.74) is 4.20. The molecule has 3 aromatic carbocycles. The first-order valence-electron chi connectivity index (χ1n) is 6.98. The summed E-state index contributed by atoms with van der Waals surface area (Å²) in [5, 5.41) is 0. The predicted molar refractivity (Wildman–Crippen MR) is 85.0 cm³/mol. The second-order valence-corrected chi connectivity index (χ2v) is 7.57. The van der Waals surface area contributed by atoms with Gasteiger partial charge in [0.1, 0.15) is 0 Å². The standard InChI is InChI=1S/C19H15.K/c1-4-10-16(11-5-1)19(17-12-6-2-7-13-17)18-14-8-3-9-15-18;/h1-15H;. The van der Waals surface area contributed by atoms with Gasteiger partial charge in [0.2, 0.25) is 0 Å². The maximum absolute atomic E-state index is 2.26. The van der Waals surface area contributed by atoms with Gasteiger partial charge in [-0.25, -0.2) is 0 Å². The SMILES string of the molecule is [K][C](c1ccccc1)(c1ccccc1)c1ccccc1.